The van der Waals surface area contributed by atoms with Crippen LogP contribution in [0.1, 0.15) is 32.1 Å². The molecular weight excluding hydrogens is 375 g/mol. The number of hydrogen-bond acceptors (Lipinski definition) is 2. The van der Waals surface area contributed by atoms with E-state index in [2.05, 4.69) is 33.2 Å². The first-order valence-electron chi connectivity index (χ1n) is 6.63. The molecule has 1 aliphatic carbocycles. The summed E-state index contributed by atoms with van der Waals surface area (Å²) in [5.74, 6) is 0.0673. The summed E-state index contributed by atoms with van der Waals surface area (Å²) in [5.41, 5.74) is 0.948. The summed E-state index contributed by atoms with van der Waals surface area (Å²) in [6.07, 6.45) is 5.99. The highest BCUT2D eigenvalue weighted by Crippen LogP contribution is 2.22. The van der Waals surface area contributed by atoms with Crippen molar-refractivity contribution in [1.29, 1.82) is 0 Å². The van der Waals surface area contributed by atoms with Crippen molar-refractivity contribution in [3.8, 4) is 0 Å². The molecule has 2 N–H and O–H groups in total. The van der Waals surface area contributed by atoms with Crippen LogP contribution >= 0.6 is 34.2 Å². The van der Waals surface area contributed by atoms with Crippen LogP contribution in [-0.4, -0.2) is 18.5 Å². The van der Waals surface area contributed by atoms with Crippen LogP contribution in [0.5, 0.6) is 0 Å². The lowest BCUT2D eigenvalue weighted by Gasteiger charge is -2.23. The van der Waals surface area contributed by atoms with Gasteiger partial charge in [-0.3, -0.25) is 4.79 Å². The van der Waals surface area contributed by atoms with Gasteiger partial charge >= 0.3 is 0 Å². The van der Waals surface area contributed by atoms with E-state index in [1.165, 1.54) is 19.3 Å². The topological polar surface area (TPSA) is 41.1 Å². The van der Waals surface area contributed by atoms with Crippen LogP contribution in [0.25, 0.3) is 0 Å². The molecule has 1 aromatic rings. The average Bonchev–Trinajstić information content (AvgIpc) is 2.39. The average molecular weight is 393 g/mol. The van der Waals surface area contributed by atoms with Gasteiger partial charge in [0.2, 0.25) is 5.91 Å². The van der Waals surface area contributed by atoms with Crippen molar-refractivity contribution in [1.82, 2.24) is 5.32 Å². The molecule has 1 fully saturated rings. The van der Waals surface area contributed by atoms with Crippen molar-refractivity contribution in [2.45, 2.75) is 38.1 Å². The molecule has 0 heterocycles. The Bertz CT molecular complexity index is 447. The maximum absolute atomic E-state index is 11.9. The molecule has 1 aromatic carbocycles. The molecule has 0 saturated heterocycles. The van der Waals surface area contributed by atoms with Gasteiger partial charge in [-0.1, -0.05) is 30.9 Å². The normalized spacial score (nSPS) is 16.1. The van der Waals surface area contributed by atoms with Crippen LogP contribution in [0, 0.1) is 3.57 Å². The first-order chi connectivity index (χ1) is 9.15. The zero-order valence-corrected chi connectivity index (χ0v) is 13.6. The van der Waals surface area contributed by atoms with Crippen LogP contribution in [0.15, 0.2) is 18.2 Å². The van der Waals surface area contributed by atoms with Gasteiger partial charge in [0.25, 0.3) is 0 Å². The zero-order chi connectivity index (χ0) is 13.7. The number of hydrogen-bond donors (Lipinski definition) is 2. The number of amides is 1. The van der Waals surface area contributed by atoms with Gasteiger partial charge in [0.05, 0.1) is 6.54 Å². The third-order valence-corrected chi connectivity index (χ3v) is 4.47. The van der Waals surface area contributed by atoms with E-state index < -0.39 is 0 Å². The third kappa shape index (κ3) is 4.84. The standard InChI is InChI=1S/C14H18ClIN2O/c15-10-6-7-13(12(16)8-10)17-9-14(19)18-11-4-2-1-3-5-11/h6-8,11,17H,1-5,9H2,(H,18,19). The van der Waals surface area contributed by atoms with Crippen molar-refractivity contribution in [2.75, 3.05) is 11.9 Å². The molecule has 0 bridgehead atoms. The molecule has 2 rings (SSSR count). The molecule has 1 amide bonds. The Morgan fingerprint density at radius 2 is 2.05 bits per heavy atom. The number of halogens is 2. The zero-order valence-electron chi connectivity index (χ0n) is 10.7. The second kappa shape index (κ2) is 7.33. The van der Waals surface area contributed by atoms with E-state index in [4.69, 9.17) is 11.6 Å². The van der Waals surface area contributed by atoms with Gasteiger partial charge < -0.3 is 10.6 Å². The minimum atomic E-state index is 0.0673. The molecular formula is C14H18ClIN2O. The van der Waals surface area contributed by atoms with E-state index in [1.54, 1.807) is 0 Å². The van der Waals surface area contributed by atoms with Gasteiger partial charge in [0, 0.05) is 20.3 Å². The molecule has 1 saturated carbocycles. The van der Waals surface area contributed by atoms with E-state index in [0.717, 1.165) is 22.1 Å². The van der Waals surface area contributed by atoms with Crippen molar-refractivity contribution in [3.05, 3.63) is 26.8 Å². The summed E-state index contributed by atoms with van der Waals surface area (Å²) in [6, 6.07) is 5.97. The molecule has 0 spiro atoms. The van der Waals surface area contributed by atoms with Gasteiger partial charge in [0.15, 0.2) is 0 Å². The van der Waals surface area contributed by atoms with Crippen LogP contribution in [0.3, 0.4) is 0 Å². The molecule has 104 valence electrons. The molecule has 0 aliphatic heterocycles. The molecule has 0 radical (unpaired) electrons. The highest BCUT2D eigenvalue weighted by Gasteiger charge is 2.15. The Kier molecular flexibility index (Phi) is 5.76. The summed E-state index contributed by atoms with van der Waals surface area (Å²) in [4.78, 5) is 11.9. The highest BCUT2D eigenvalue weighted by atomic mass is 127. The number of benzene rings is 1. The van der Waals surface area contributed by atoms with Gasteiger partial charge in [-0.05, 0) is 53.6 Å². The van der Waals surface area contributed by atoms with Crippen molar-refractivity contribution < 1.29 is 4.79 Å². The second-order valence-electron chi connectivity index (χ2n) is 4.88. The van der Waals surface area contributed by atoms with E-state index in [-0.39, 0.29) is 5.91 Å². The van der Waals surface area contributed by atoms with Crippen molar-refractivity contribution >= 4 is 45.8 Å². The lowest BCUT2D eigenvalue weighted by Crippen LogP contribution is -2.39. The first-order valence-corrected chi connectivity index (χ1v) is 8.09. The summed E-state index contributed by atoms with van der Waals surface area (Å²) in [7, 11) is 0. The fourth-order valence-electron chi connectivity index (χ4n) is 2.33. The number of rotatable bonds is 4. The summed E-state index contributed by atoms with van der Waals surface area (Å²) >= 11 is 8.11. The smallest absolute Gasteiger partial charge is 0.239 e. The molecule has 0 unspecified atom stereocenters. The van der Waals surface area contributed by atoms with Gasteiger partial charge in [-0.15, -0.1) is 0 Å². The minimum Gasteiger partial charge on any atom is -0.375 e. The Balaban J connectivity index is 1.79. The van der Waals surface area contributed by atoms with E-state index in [1.807, 2.05) is 18.2 Å². The Morgan fingerprint density at radius 3 is 2.74 bits per heavy atom. The van der Waals surface area contributed by atoms with E-state index >= 15 is 0 Å². The monoisotopic (exact) mass is 392 g/mol. The van der Waals surface area contributed by atoms with Crippen molar-refractivity contribution in [2.24, 2.45) is 0 Å². The molecule has 5 heteroatoms. The Labute approximate surface area is 132 Å². The van der Waals surface area contributed by atoms with Crippen LogP contribution in [0.4, 0.5) is 5.69 Å². The van der Waals surface area contributed by atoms with E-state index in [9.17, 15) is 4.79 Å². The molecule has 19 heavy (non-hydrogen) atoms. The van der Waals surface area contributed by atoms with Crippen molar-refractivity contribution in [3.63, 3.8) is 0 Å². The number of nitrogens with one attached hydrogen (secondary N) is 2. The van der Waals surface area contributed by atoms with Crippen LogP contribution in [-0.2, 0) is 4.79 Å². The third-order valence-electron chi connectivity index (χ3n) is 3.34. The minimum absolute atomic E-state index is 0.0673. The van der Waals surface area contributed by atoms with Crippen LogP contribution in [0.2, 0.25) is 5.02 Å². The largest absolute Gasteiger partial charge is 0.375 e. The fraction of sp³-hybridized carbons (Fsp3) is 0.500. The predicted molar refractivity (Wildman–Crippen MR) is 87.7 cm³/mol. The van der Waals surface area contributed by atoms with E-state index in [0.29, 0.717) is 17.6 Å². The summed E-state index contributed by atoms with van der Waals surface area (Å²) < 4.78 is 1.02. The molecule has 0 aromatic heterocycles. The number of carbonyl (C=O) groups is 1. The SMILES string of the molecule is O=C(CNc1ccc(Cl)cc1I)NC1CCCCC1. The lowest BCUT2D eigenvalue weighted by molar-refractivity contribution is -0.120. The first kappa shape index (κ1) is 14.9. The van der Waals surface area contributed by atoms with Gasteiger partial charge in [-0.2, -0.15) is 0 Å². The molecule has 3 nitrogen and oxygen atoms in total. The highest BCUT2D eigenvalue weighted by molar-refractivity contribution is 14.1. The Morgan fingerprint density at radius 1 is 1.32 bits per heavy atom. The quantitative estimate of drug-likeness (QED) is 0.765. The Hall–Kier alpha value is -0.490. The fourth-order valence-corrected chi connectivity index (χ4v) is 3.40. The maximum atomic E-state index is 11.9. The summed E-state index contributed by atoms with van der Waals surface area (Å²) in [5, 5.41) is 6.95. The van der Waals surface area contributed by atoms with Gasteiger partial charge in [0.1, 0.15) is 0 Å². The molecule has 0 atom stereocenters. The van der Waals surface area contributed by atoms with Gasteiger partial charge in [-0.25, -0.2) is 0 Å². The lowest BCUT2D eigenvalue weighted by atomic mass is 9.95. The number of anilines is 1. The molecule has 1 aliphatic rings. The predicted octanol–water partition coefficient (Wildman–Crippen LogP) is 3.81. The van der Waals surface area contributed by atoms with Crippen LogP contribution < -0.4 is 10.6 Å². The summed E-state index contributed by atoms with van der Waals surface area (Å²) in [6.45, 7) is 0.314. The maximum Gasteiger partial charge on any atom is 0.239 e. The second-order valence-corrected chi connectivity index (χ2v) is 6.48. The number of carbonyl (C=O) groups excluding carboxylic acids is 1.